The zero-order chi connectivity index (χ0) is 15.3. The molecule has 0 aromatic heterocycles. The molecule has 112 valence electrons. The standard InChI is InChI=1S/C13H20N2O4S/c1-10(2)15(9-13(16)19-4)11-5-7-12(8-6-11)20(17,18)14-3/h5-8,10,14H,9H2,1-4H3. The van der Waals surface area contributed by atoms with Crippen LogP contribution in [-0.2, 0) is 19.6 Å². The largest absolute Gasteiger partial charge is 0.468 e. The Balaban J connectivity index is 3.03. The number of carbonyl (C=O) groups is 1. The van der Waals surface area contributed by atoms with Gasteiger partial charge >= 0.3 is 5.97 Å². The van der Waals surface area contributed by atoms with Crippen LogP contribution in [-0.4, -0.2) is 41.1 Å². The number of rotatable bonds is 6. The summed E-state index contributed by atoms with van der Waals surface area (Å²) in [4.78, 5) is 13.4. The van der Waals surface area contributed by atoms with Crippen LogP contribution in [0.25, 0.3) is 0 Å². The molecule has 0 atom stereocenters. The number of anilines is 1. The molecule has 0 unspecified atom stereocenters. The molecule has 0 amide bonds. The van der Waals surface area contributed by atoms with E-state index in [0.29, 0.717) is 0 Å². The first-order valence-corrected chi connectivity index (χ1v) is 7.67. The maximum atomic E-state index is 11.6. The summed E-state index contributed by atoms with van der Waals surface area (Å²) in [5, 5.41) is 0. The van der Waals surface area contributed by atoms with E-state index in [2.05, 4.69) is 9.46 Å². The van der Waals surface area contributed by atoms with Gasteiger partial charge in [0, 0.05) is 11.7 Å². The second-order valence-corrected chi connectivity index (χ2v) is 6.39. The first-order chi connectivity index (χ1) is 9.31. The third-order valence-electron chi connectivity index (χ3n) is 2.90. The van der Waals surface area contributed by atoms with Crippen molar-refractivity contribution in [2.24, 2.45) is 0 Å². The highest BCUT2D eigenvalue weighted by Crippen LogP contribution is 2.20. The minimum Gasteiger partial charge on any atom is -0.468 e. The summed E-state index contributed by atoms with van der Waals surface area (Å²) in [7, 11) is -0.750. The summed E-state index contributed by atoms with van der Waals surface area (Å²) in [5.74, 6) is -0.342. The van der Waals surface area contributed by atoms with Crippen molar-refractivity contribution >= 4 is 21.7 Å². The SMILES string of the molecule is CNS(=O)(=O)c1ccc(N(CC(=O)OC)C(C)C)cc1. The van der Waals surface area contributed by atoms with Gasteiger partial charge in [0.05, 0.1) is 12.0 Å². The summed E-state index contributed by atoms with van der Waals surface area (Å²) in [6.07, 6.45) is 0. The molecule has 1 rings (SSSR count). The zero-order valence-electron chi connectivity index (χ0n) is 12.1. The fourth-order valence-electron chi connectivity index (χ4n) is 1.71. The summed E-state index contributed by atoms with van der Waals surface area (Å²) in [5.41, 5.74) is 0.764. The predicted molar refractivity (Wildman–Crippen MR) is 77.2 cm³/mol. The van der Waals surface area contributed by atoms with Crippen molar-refractivity contribution in [3.05, 3.63) is 24.3 Å². The molecule has 0 aliphatic carbocycles. The van der Waals surface area contributed by atoms with Gasteiger partial charge in [0.2, 0.25) is 10.0 Å². The van der Waals surface area contributed by atoms with Gasteiger partial charge in [-0.25, -0.2) is 13.1 Å². The number of hydrogen-bond donors (Lipinski definition) is 1. The van der Waals surface area contributed by atoms with E-state index in [1.807, 2.05) is 18.7 Å². The summed E-state index contributed by atoms with van der Waals surface area (Å²) in [6.45, 7) is 4.01. The Kier molecular flexibility index (Phi) is 5.52. The predicted octanol–water partition coefficient (Wildman–Crippen LogP) is 0.982. The van der Waals surface area contributed by atoms with E-state index in [-0.39, 0.29) is 23.5 Å². The van der Waals surface area contributed by atoms with Gasteiger partial charge in [0.25, 0.3) is 0 Å². The van der Waals surface area contributed by atoms with Crippen molar-refractivity contribution in [3.8, 4) is 0 Å². The quantitative estimate of drug-likeness (QED) is 0.793. The van der Waals surface area contributed by atoms with Crippen LogP contribution >= 0.6 is 0 Å². The average Bonchev–Trinajstić information content (AvgIpc) is 2.44. The topological polar surface area (TPSA) is 75.7 Å². The average molecular weight is 300 g/mol. The molecule has 0 saturated heterocycles. The Morgan fingerprint density at radius 3 is 2.25 bits per heavy atom. The number of nitrogens with zero attached hydrogens (tertiary/aromatic N) is 1. The Hall–Kier alpha value is -1.60. The van der Waals surface area contributed by atoms with Gasteiger partial charge < -0.3 is 9.64 Å². The molecule has 0 spiro atoms. The molecule has 0 heterocycles. The van der Waals surface area contributed by atoms with E-state index in [4.69, 9.17) is 0 Å². The Labute approximate surface area is 119 Å². The number of sulfonamides is 1. The first-order valence-electron chi connectivity index (χ1n) is 6.19. The highest BCUT2D eigenvalue weighted by Gasteiger charge is 2.17. The summed E-state index contributed by atoms with van der Waals surface area (Å²) in [6, 6.07) is 6.45. The number of carbonyl (C=O) groups excluding carboxylic acids is 1. The van der Waals surface area contributed by atoms with Gasteiger partial charge in [-0.2, -0.15) is 0 Å². The van der Waals surface area contributed by atoms with E-state index in [1.54, 1.807) is 12.1 Å². The maximum absolute atomic E-state index is 11.6. The van der Waals surface area contributed by atoms with Crippen LogP contribution in [0.15, 0.2) is 29.2 Å². The fraction of sp³-hybridized carbons (Fsp3) is 0.462. The molecule has 7 heteroatoms. The van der Waals surface area contributed by atoms with Gasteiger partial charge in [-0.3, -0.25) is 4.79 Å². The van der Waals surface area contributed by atoms with Crippen molar-refractivity contribution in [2.45, 2.75) is 24.8 Å². The van der Waals surface area contributed by atoms with E-state index in [9.17, 15) is 13.2 Å². The number of esters is 1. The number of nitrogens with one attached hydrogen (secondary N) is 1. The fourth-order valence-corrected chi connectivity index (χ4v) is 2.44. The molecule has 1 aromatic rings. The number of methoxy groups -OCH3 is 1. The van der Waals surface area contributed by atoms with Crippen molar-refractivity contribution in [2.75, 3.05) is 25.6 Å². The molecule has 0 saturated carbocycles. The minimum atomic E-state index is -3.45. The Morgan fingerprint density at radius 2 is 1.85 bits per heavy atom. The van der Waals surface area contributed by atoms with Crippen molar-refractivity contribution in [3.63, 3.8) is 0 Å². The van der Waals surface area contributed by atoms with Crippen LogP contribution in [0.1, 0.15) is 13.8 Å². The van der Waals surface area contributed by atoms with Crippen LogP contribution in [0.3, 0.4) is 0 Å². The lowest BCUT2D eigenvalue weighted by Gasteiger charge is -2.27. The molecule has 1 aromatic carbocycles. The Bertz CT molecular complexity index is 552. The molecule has 6 nitrogen and oxygen atoms in total. The van der Waals surface area contributed by atoms with Crippen LogP contribution in [0.5, 0.6) is 0 Å². The monoisotopic (exact) mass is 300 g/mol. The first kappa shape index (κ1) is 16.5. The van der Waals surface area contributed by atoms with E-state index >= 15 is 0 Å². The lowest BCUT2D eigenvalue weighted by molar-refractivity contribution is -0.139. The van der Waals surface area contributed by atoms with Gasteiger partial charge in [0.15, 0.2) is 0 Å². The second kappa shape index (κ2) is 6.71. The van der Waals surface area contributed by atoms with Crippen LogP contribution in [0.2, 0.25) is 0 Å². The van der Waals surface area contributed by atoms with Crippen molar-refractivity contribution < 1.29 is 17.9 Å². The Morgan fingerprint density at radius 1 is 1.30 bits per heavy atom. The molecule has 0 bridgehead atoms. The number of ether oxygens (including phenoxy) is 1. The number of benzene rings is 1. The normalized spacial score (nSPS) is 11.4. The third-order valence-corrected chi connectivity index (χ3v) is 4.33. The highest BCUT2D eigenvalue weighted by atomic mass is 32.2. The van der Waals surface area contributed by atoms with E-state index in [1.165, 1.54) is 26.3 Å². The molecule has 0 aliphatic rings. The number of hydrogen-bond acceptors (Lipinski definition) is 5. The molecule has 0 radical (unpaired) electrons. The van der Waals surface area contributed by atoms with Gasteiger partial charge in [-0.1, -0.05) is 0 Å². The molecule has 0 aliphatic heterocycles. The summed E-state index contributed by atoms with van der Waals surface area (Å²) >= 11 is 0. The molecule has 20 heavy (non-hydrogen) atoms. The van der Waals surface area contributed by atoms with Crippen LogP contribution in [0.4, 0.5) is 5.69 Å². The zero-order valence-corrected chi connectivity index (χ0v) is 12.9. The van der Waals surface area contributed by atoms with Crippen molar-refractivity contribution in [1.29, 1.82) is 0 Å². The van der Waals surface area contributed by atoms with Gasteiger partial charge in [-0.15, -0.1) is 0 Å². The molecular weight excluding hydrogens is 280 g/mol. The lowest BCUT2D eigenvalue weighted by atomic mass is 10.2. The van der Waals surface area contributed by atoms with Crippen LogP contribution in [0, 0.1) is 0 Å². The lowest BCUT2D eigenvalue weighted by Crippen LogP contribution is -2.36. The molecule has 1 N–H and O–H groups in total. The van der Waals surface area contributed by atoms with Gasteiger partial charge in [0.1, 0.15) is 6.54 Å². The van der Waals surface area contributed by atoms with Gasteiger partial charge in [-0.05, 0) is 45.2 Å². The second-order valence-electron chi connectivity index (χ2n) is 4.50. The van der Waals surface area contributed by atoms with Crippen molar-refractivity contribution in [1.82, 2.24) is 4.72 Å². The third kappa shape index (κ3) is 3.94. The molecule has 0 fully saturated rings. The minimum absolute atomic E-state index is 0.0841. The highest BCUT2D eigenvalue weighted by molar-refractivity contribution is 7.89. The molecular formula is C13H20N2O4S. The summed E-state index contributed by atoms with van der Waals surface area (Å²) < 4.78 is 30.2. The van der Waals surface area contributed by atoms with E-state index in [0.717, 1.165) is 5.69 Å². The maximum Gasteiger partial charge on any atom is 0.325 e. The smallest absolute Gasteiger partial charge is 0.325 e. The van der Waals surface area contributed by atoms with Crippen LogP contribution < -0.4 is 9.62 Å². The van der Waals surface area contributed by atoms with E-state index < -0.39 is 10.0 Å².